The van der Waals surface area contributed by atoms with Gasteiger partial charge in [0.2, 0.25) is 11.8 Å². The third-order valence-corrected chi connectivity index (χ3v) is 7.46. The second-order valence-corrected chi connectivity index (χ2v) is 9.63. The summed E-state index contributed by atoms with van der Waals surface area (Å²) >= 11 is 1.09. The van der Waals surface area contributed by atoms with Crippen molar-refractivity contribution >= 4 is 46.9 Å². The van der Waals surface area contributed by atoms with Crippen LogP contribution in [0.2, 0.25) is 0 Å². The first-order valence-corrected chi connectivity index (χ1v) is 11.9. The standard InChI is InChI=1S/C25H25FN4O5S/c1-14-20-22(32)30(16-11-9-15(26)10-12-16)25(34)29(24(20)36-21(14)23(33)28(2)3)13-19(31)27-17-7-5-6-8-18(17)35-4/h5-12,20,24H,13H2,1-4H3,(H,27,31). The Morgan fingerprint density at radius 2 is 1.78 bits per heavy atom. The SMILES string of the molecule is COc1ccccc1NC(=O)CN1C(=O)N(c2ccc(F)cc2)C(=O)C2C(C)=C(C(=O)N(C)C)SC21. The highest BCUT2D eigenvalue weighted by Crippen LogP contribution is 2.48. The minimum Gasteiger partial charge on any atom is -0.495 e. The maximum absolute atomic E-state index is 13.6. The zero-order chi connectivity index (χ0) is 26.1. The Morgan fingerprint density at radius 3 is 2.42 bits per heavy atom. The zero-order valence-electron chi connectivity index (χ0n) is 20.1. The Labute approximate surface area is 211 Å². The van der Waals surface area contributed by atoms with Gasteiger partial charge in [-0.15, -0.1) is 0 Å². The van der Waals surface area contributed by atoms with Crippen LogP contribution in [0.5, 0.6) is 5.75 Å². The molecule has 188 valence electrons. The van der Waals surface area contributed by atoms with Crippen LogP contribution in [0, 0.1) is 11.7 Å². The van der Waals surface area contributed by atoms with Gasteiger partial charge in [0.1, 0.15) is 23.5 Å². The van der Waals surface area contributed by atoms with Gasteiger partial charge >= 0.3 is 6.03 Å². The van der Waals surface area contributed by atoms with E-state index in [1.54, 1.807) is 45.3 Å². The number of nitrogens with zero attached hydrogens (tertiary/aromatic N) is 3. The molecule has 2 aromatic rings. The number of methoxy groups -OCH3 is 1. The number of halogens is 1. The van der Waals surface area contributed by atoms with Gasteiger partial charge in [0.25, 0.3) is 5.91 Å². The van der Waals surface area contributed by atoms with Crippen LogP contribution in [0.3, 0.4) is 0 Å². The number of benzene rings is 2. The van der Waals surface area contributed by atoms with Crippen molar-refractivity contribution < 1.29 is 28.3 Å². The third kappa shape index (κ3) is 4.53. The number of rotatable bonds is 6. The molecule has 11 heteroatoms. The number of nitrogens with one attached hydrogen (secondary N) is 1. The van der Waals surface area contributed by atoms with E-state index < -0.39 is 35.0 Å². The number of imide groups is 1. The Bertz CT molecular complexity index is 1260. The highest BCUT2D eigenvalue weighted by atomic mass is 32.2. The van der Waals surface area contributed by atoms with E-state index in [9.17, 15) is 23.6 Å². The van der Waals surface area contributed by atoms with Gasteiger partial charge in [0.15, 0.2) is 0 Å². The molecule has 2 atom stereocenters. The lowest BCUT2D eigenvalue weighted by atomic mass is 9.95. The Morgan fingerprint density at radius 1 is 1.11 bits per heavy atom. The number of carbonyl (C=O) groups is 4. The first-order valence-electron chi connectivity index (χ1n) is 11.1. The molecule has 5 amide bonds. The summed E-state index contributed by atoms with van der Waals surface area (Å²) < 4.78 is 18.8. The highest BCUT2D eigenvalue weighted by Gasteiger charge is 2.53. The van der Waals surface area contributed by atoms with E-state index in [2.05, 4.69) is 5.32 Å². The molecule has 4 rings (SSSR count). The Hall–Kier alpha value is -3.86. The van der Waals surface area contributed by atoms with E-state index in [1.165, 1.54) is 29.0 Å². The normalized spacial score (nSPS) is 19.4. The number of ether oxygens (including phenoxy) is 1. The molecule has 9 nitrogen and oxygen atoms in total. The summed E-state index contributed by atoms with van der Waals surface area (Å²) in [4.78, 5) is 56.9. The van der Waals surface area contributed by atoms with Crippen LogP contribution in [0.1, 0.15) is 6.92 Å². The van der Waals surface area contributed by atoms with Crippen LogP contribution < -0.4 is 15.0 Å². The number of anilines is 2. The van der Waals surface area contributed by atoms with Gasteiger partial charge in [-0.05, 0) is 48.9 Å². The second-order valence-electron chi connectivity index (χ2n) is 8.51. The summed E-state index contributed by atoms with van der Waals surface area (Å²) in [6.07, 6.45) is 0. The molecule has 1 N–H and O–H groups in total. The topological polar surface area (TPSA) is 99.3 Å². The molecule has 2 heterocycles. The highest BCUT2D eigenvalue weighted by molar-refractivity contribution is 8.04. The smallest absolute Gasteiger partial charge is 0.332 e. The monoisotopic (exact) mass is 512 g/mol. The van der Waals surface area contributed by atoms with Crippen molar-refractivity contribution in [2.24, 2.45) is 5.92 Å². The summed E-state index contributed by atoms with van der Waals surface area (Å²) in [5.41, 5.74) is 1.11. The first-order chi connectivity index (χ1) is 17.1. The Balaban J connectivity index is 1.69. The summed E-state index contributed by atoms with van der Waals surface area (Å²) in [5, 5.41) is 1.95. The van der Waals surface area contributed by atoms with Gasteiger partial charge in [-0.2, -0.15) is 0 Å². The van der Waals surface area contributed by atoms with E-state index >= 15 is 0 Å². The molecule has 2 aromatic carbocycles. The molecular formula is C25H25FN4O5S. The number of fused-ring (bicyclic) bond motifs is 1. The van der Waals surface area contributed by atoms with Crippen LogP contribution in [0.25, 0.3) is 0 Å². The van der Waals surface area contributed by atoms with Crippen molar-refractivity contribution in [1.82, 2.24) is 9.80 Å². The van der Waals surface area contributed by atoms with Gasteiger partial charge in [0, 0.05) is 14.1 Å². The average molecular weight is 513 g/mol. The number of para-hydroxylation sites is 2. The molecule has 0 saturated carbocycles. The summed E-state index contributed by atoms with van der Waals surface area (Å²) in [6, 6.07) is 11.0. The van der Waals surface area contributed by atoms with Gasteiger partial charge < -0.3 is 19.9 Å². The average Bonchev–Trinajstić information content (AvgIpc) is 3.19. The predicted octanol–water partition coefficient (Wildman–Crippen LogP) is 3.29. The van der Waals surface area contributed by atoms with Crippen LogP contribution in [0.4, 0.5) is 20.6 Å². The molecule has 0 aliphatic carbocycles. The number of hydrogen-bond donors (Lipinski definition) is 1. The van der Waals surface area contributed by atoms with Crippen molar-refractivity contribution in [2.45, 2.75) is 12.3 Å². The minimum atomic E-state index is -0.851. The van der Waals surface area contributed by atoms with E-state index in [-0.39, 0.29) is 18.1 Å². The number of amides is 5. The maximum Gasteiger partial charge on any atom is 0.332 e. The quantitative estimate of drug-likeness (QED) is 0.638. The van der Waals surface area contributed by atoms with E-state index in [0.29, 0.717) is 21.9 Å². The van der Waals surface area contributed by atoms with Gasteiger partial charge in [-0.25, -0.2) is 14.1 Å². The predicted molar refractivity (Wildman–Crippen MR) is 134 cm³/mol. The van der Waals surface area contributed by atoms with Crippen LogP contribution in [-0.2, 0) is 14.4 Å². The first kappa shape index (κ1) is 25.2. The summed E-state index contributed by atoms with van der Waals surface area (Å²) in [6.45, 7) is 1.30. The zero-order valence-corrected chi connectivity index (χ0v) is 21.0. The lowest BCUT2D eigenvalue weighted by Gasteiger charge is -2.41. The van der Waals surface area contributed by atoms with E-state index in [4.69, 9.17) is 4.74 Å². The van der Waals surface area contributed by atoms with Gasteiger partial charge in [-0.3, -0.25) is 14.4 Å². The van der Waals surface area contributed by atoms with Crippen molar-refractivity contribution in [3.8, 4) is 5.75 Å². The van der Waals surface area contributed by atoms with Crippen LogP contribution in [-0.4, -0.2) is 66.7 Å². The number of urea groups is 1. The fourth-order valence-electron chi connectivity index (χ4n) is 4.16. The molecule has 2 unspecified atom stereocenters. The van der Waals surface area contributed by atoms with Crippen molar-refractivity contribution in [2.75, 3.05) is 38.0 Å². The number of hydrogen-bond acceptors (Lipinski definition) is 6. The molecule has 0 spiro atoms. The van der Waals surface area contributed by atoms with Gasteiger partial charge in [0.05, 0.1) is 29.3 Å². The number of likely N-dealkylation sites (N-methyl/N-ethyl adjacent to an activating group) is 1. The molecular weight excluding hydrogens is 487 g/mol. The minimum absolute atomic E-state index is 0.171. The number of thioether (sulfide) groups is 1. The fraction of sp³-hybridized carbons (Fsp3) is 0.280. The summed E-state index contributed by atoms with van der Waals surface area (Å²) in [5.74, 6) is -2.26. The molecule has 2 aliphatic rings. The third-order valence-electron chi connectivity index (χ3n) is 5.96. The molecule has 2 aliphatic heterocycles. The van der Waals surface area contributed by atoms with E-state index in [0.717, 1.165) is 28.8 Å². The second kappa shape index (κ2) is 10.0. The molecule has 1 fully saturated rings. The fourth-order valence-corrected chi connectivity index (χ4v) is 5.74. The molecule has 0 radical (unpaired) electrons. The molecule has 0 aromatic heterocycles. The molecule has 1 saturated heterocycles. The molecule has 0 bridgehead atoms. The van der Waals surface area contributed by atoms with E-state index in [1.807, 2.05) is 0 Å². The maximum atomic E-state index is 13.6. The molecule has 36 heavy (non-hydrogen) atoms. The van der Waals surface area contributed by atoms with Crippen molar-refractivity contribution in [3.63, 3.8) is 0 Å². The summed E-state index contributed by atoms with van der Waals surface area (Å²) in [7, 11) is 4.67. The van der Waals surface area contributed by atoms with Crippen LogP contribution in [0.15, 0.2) is 59.0 Å². The van der Waals surface area contributed by atoms with Crippen molar-refractivity contribution in [1.29, 1.82) is 0 Å². The van der Waals surface area contributed by atoms with Gasteiger partial charge in [-0.1, -0.05) is 23.9 Å². The number of carbonyl (C=O) groups excluding carboxylic acids is 4. The van der Waals surface area contributed by atoms with Crippen molar-refractivity contribution in [3.05, 3.63) is 64.8 Å². The largest absolute Gasteiger partial charge is 0.495 e. The Kier molecular flexibility index (Phi) is 7.02. The lowest BCUT2D eigenvalue weighted by molar-refractivity contribution is -0.124. The lowest BCUT2D eigenvalue weighted by Crippen LogP contribution is -2.61. The van der Waals surface area contributed by atoms with Crippen LogP contribution >= 0.6 is 11.8 Å².